The summed E-state index contributed by atoms with van der Waals surface area (Å²) >= 11 is 1.30. The average Bonchev–Trinajstić information content (AvgIpc) is 2.72. The van der Waals surface area contributed by atoms with Crippen molar-refractivity contribution in [2.24, 2.45) is 0 Å². The van der Waals surface area contributed by atoms with E-state index in [0.717, 1.165) is 28.9 Å². The molecule has 0 unspecified atom stereocenters. The maximum atomic E-state index is 11.9. The molecule has 0 atom stereocenters. The second kappa shape index (κ2) is 9.46. The number of aryl methyl sites for hydroxylation is 2. The first-order chi connectivity index (χ1) is 13.6. The van der Waals surface area contributed by atoms with Gasteiger partial charge in [-0.3, -0.25) is 4.79 Å². The lowest BCUT2D eigenvalue weighted by molar-refractivity contribution is -0.118. The van der Waals surface area contributed by atoms with Gasteiger partial charge in [0.2, 0.25) is 11.1 Å². The van der Waals surface area contributed by atoms with Gasteiger partial charge in [0.05, 0.1) is 5.75 Å². The highest BCUT2D eigenvalue weighted by atomic mass is 32.2. The molecule has 0 fully saturated rings. The molecule has 2 aromatic carbocycles. The molecule has 3 rings (SSSR count). The zero-order valence-electron chi connectivity index (χ0n) is 16.4. The summed E-state index contributed by atoms with van der Waals surface area (Å²) in [5.41, 5.74) is 5.84. The van der Waals surface area contributed by atoms with E-state index < -0.39 is 0 Å². The lowest BCUT2D eigenvalue weighted by Crippen LogP contribution is -2.25. The van der Waals surface area contributed by atoms with Crippen LogP contribution in [0.15, 0.2) is 53.7 Å². The molecule has 1 amide bonds. The minimum Gasteiger partial charge on any atom is -0.355 e. The Kier molecular flexibility index (Phi) is 6.76. The Morgan fingerprint density at radius 1 is 0.893 bits per heavy atom. The zero-order chi connectivity index (χ0) is 19.9. The molecular formula is C22H24N4OS. The number of thioether (sulfide) groups is 1. The number of aromatic nitrogens is 3. The zero-order valence-corrected chi connectivity index (χ0v) is 17.2. The molecule has 1 aromatic heterocycles. The van der Waals surface area contributed by atoms with Gasteiger partial charge < -0.3 is 5.32 Å². The van der Waals surface area contributed by atoms with Crippen molar-refractivity contribution < 1.29 is 4.79 Å². The summed E-state index contributed by atoms with van der Waals surface area (Å²) in [6.45, 7) is 6.81. The predicted molar refractivity (Wildman–Crippen MR) is 114 cm³/mol. The third-order valence-electron chi connectivity index (χ3n) is 4.22. The minimum atomic E-state index is -0.0186. The van der Waals surface area contributed by atoms with E-state index in [1.807, 2.05) is 31.2 Å². The number of carbonyl (C=O) groups is 1. The van der Waals surface area contributed by atoms with Crippen molar-refractivity contribution in [2.45, 2.75) is 32.3 Å². The minimum absolute atomic E-state index is 0.0186. The molecule has 5 nitrogen and oxygen atoms in total. The molecule has 0 saturated heterocycles. The van der Waals surface area contributed by atoms with Crippen molar-refractivity contribution in [1.82, 2.24) is 20.5 Å². The van der Waals surface area contributed by atoms with Crippen LogP contribution in [0.4, 0.5) is 0 Å². The Labute approximate surface area is 170 Å². The van der Waals surface area contributed by atoms with Crippen molar-refractivity contribution in [2.75, 3.05) is 12.3 Å². The highest BCUT2D eigenvalue weighted by Gasteiger charge is 2.14. The Hall–Kier alpha value is -2.73. The number of amides is 1. The topological polar surface area (TPSA) is 67.8 Å². The molecule has 1 heterocycles. The van der Waals surface area contributed by atoms with Gasteiger partial charge in [0.1, 0.15) is 11.4 Å². The molecule has 0 aliphatic heterocycles. The Morgan fingerprint density at radius 2 is 1.46 bits per heavy atom. The first-order valence-corrected chi connectivity index (χ1v) is 10.3. The van der Waals surface area contributed by atoms with E-state index in [1.54, 1.807) is 0 Å². The van der Waals surface area contributed by atoms with E-state index in [-0.39, 0.29) is 11.7 Å². The van der Waals surface area contributed by atoms with Gasteiger partial charge in [-0.15, -0.1) is 10.2 Å². The third-order valence-corrected chi connectivity index (χ3v) is 5.06. The molecule has 0 spiro atoms. The number of rotatable bonds is 7. The number of nitrogens with zero attached hydrogens (tertiary/aromatic N) is 3. The maximum Gasteiger partial charge on any atom is 0.230 e. The van der Waals surface area contributed by atoms with E-state index >= 15 is 0 Å². The van der Waals surface area contributed by atoms with Crippen LogP contribution < -0.4 is 5.32 Å². The van der Waals surface area contributed by atoms with Crippen LogP contribution in [0.2, 0.25) is 0 Å². The second-order valence-corrected chi connectivity index (χ2v) is 7.60. The van der Waals surface area contributed by atoms with Crippen molar-refractivity contribution in [3.63, 3.8) is 0 Å². The van der Waals surface area contributed by atoms with Crippen LogP contribution in [0.3, 0.4) is 0 Å². The van der Waals surface area contributed by atoms with E-state index in [1.165, 1.54) is 22.9 Å². The van der Waals surface area contributed by atoms with E-state index in [9.17, 15) is 4.79 Å². The van der Waals surface area contributed by atoms with Crippen molar-refractivity contribution in [1.29, 1.82) is 0 Å². The van der Waals surface area contributed by atoms with Gasteiger partial charge in [0, 0.05) is 17.7 Å². The Morgan fingerprint density at radius 3 is 2.04 bits per heavy atom. The van der Waals surface area contributed by atoms with Crippen molar-refractivity contribution in [3.05, 3.63) is 59.7 Å². The van der Waals surface area contributed by atoms with Crippen LogP contribution in [-0.4, -0.2) is 33.4 Å². The Balaban J connectivity index is 1.93. The summed E-state index contributed by atoms with van der Waals surface area (Å²) in [4.78, 5) is 16.6. The largest absolute Gasteiger partial charge is 0.355 e. The summed E-state index contributed by atoms with van der Waals surface area (Å²) in [7, 11) is 0. The monoisotopic (exact) mass is 392 g/mol. The van der Waals surface area contributed by atoms with Gasteiger partial charge in [-0.05, 0) is 20.3 Å². The summed E-state index contributed by atoms with van der Waals surface area (Å²) in [5.74, 6) is 0.258. The summed E-state index contributed by atoms with van der Waals surface area (Å²) in [6, 6.07) is 16.4. The van der Waals surface area contributed by atoms with Crippen LogP contribution in [0.25, 0.3) is 22.5 Å². The van der Waals surface area contributed by atoms with Crippen LogP contribution >= 0.6 is 11.8 Å². The molecule has 0 aliphatic carbocycles. The number of benzene rings is 2. The summed E-state index contributed by atoms with van der Waals surface area (Å²) < 4.78 is 0. The van der Waals surface area contributed by atoms with Gasteiger partial charge in [-0.1, -0.05) is 78.3 Å². The fourth-order valence-corrected chi connectivity index (χ4v) is 3.25. The normalized spacial score (nSPS) is 10.7. The fraction of sp³-hybridized carbons (Fsp3) is 0.273. The Bertz CT molecular complexity index is 940. The van der Waals surface area contributed by atoms with Gasteiger partial charge in [-0.2, -0.15) is 0 Å². The molecule has 3 aromatic rings. The molecule has 28 heavy (non-hydrogen) atoms. The molecule has 0 bridgehead atoms. The van der Waals surface area contributed by atoms with Crippen LogP contribution in [0, 0.1) is 13.8 Å². The second-order valence-electron chi connectivity index (χ2n) is 6.66. The number of nitrogens with one attached hydrogen (secondary N) is 1. The van der Waals surface area contributed by atoms with Crippen molar-refractivity contribution in [3.8, 4) is 22.5 Å². The van der Waals surface area contributed by atoms with Gasteiger partial charge in [-0.25, -0.2) is 4.98 Å². The highest BCUT2D eigenvalue weighted by Crippen LogP contribution is 2.30. The van der Waals surface area contributed by atoms with Crippen LogP contribution in [0.5, 0.6) is 0 Å². The molecule has 1 N–H and O–H groups in total. The molecule has 0 aliphatic rings. The predicted octanol–water partition coefficient (Wildman–Crippen LogP) is 4.44. The number of carbonyl (C=O) groups excluding carboxylic acids is 1. The van der Waals surface area contributed by atoms with Gasteiger partial charge in [0.15, 0.2) is 0 Å². The first kappa shape index (κ1) is 20.0. The van der Waals surface area contributed by atoms with Crippen LogP contribution in [-0.2, 0) is 4.79 Å². The van der Waals surface area contributed by atoms with E-state index in [0.29, 0.717) is 11.7 Å². The van der Waals surface area contributed by atoms with E-state index in [2.05, 4.69) is 53.6 Å². The van der Waals surface area contributed by atoms with E-state index in [4.69, 9.17) is 4.98 Å². The smallest absolute Gasteiger partial charge is 0.230 e. The highest BCUT2D eigenvalue weighted by molar-refractivity contribution is 7.99. The first-order valence-electron chi connectivity index (χ1n) is 9.35. The summed E-state index contributed by atoms with van der Waals surface area (Å²) in [5, 5.41) is 12.1. The van der Waals surface area contributed by atoms with Gasteiger partial charge in [0.25, 0.3) is 0 Å². The quantitative estimate of drug-likeness (QED) is 0.602. The number of hydrogen-bond acceptors (Lipinski definition) is 5. The number of hydrogen-bond donors (Lipinski definition) is 1. The maximum absolute atomic E-state index is 11.9. The van der Waals surface area contributed by atoms with Crippen molar-refractivity contribution >= 4 is 17.7 Å². The summed E-state index contributed by atoms with van der Waals surface area (Å²) in [6.07, 6.45) is 0.914. The molecule has 0 saturated carbocycles. The fourth-order valence-electron chi connectivity index (χ4n) is 2.64. The molecule has 144 valence electrons. The lowest BCUT2D eigenvalue weighted by Gasteiger charge is -2.10. The third kappa shape index (κ3) is 5.16. The van der Waals surface area contributed by atoms with Gasteiger partial charge >= 0.3 is 0 Å². The SMILES string of the molecule is CCCNC(=O)CSc1nnc(-c2ccc(C)cc2)c(-c2ccc(C)cc2)n1. The lowest BCUT2D eigenvalue weighted by atomic mass is 10.0. The molecular weight excluding hydrogens is 368 g/mol. The van der Waals surface area contributed by atoms with Crippen LogP contribution in [0.1, 0.15) is 24.5 Å². The average molecular weight is 393 g/mol. The molecule has 0 radical (unpaired) electrons. The molecule has 6 heteroatoms. The standard InChI is InChI=1S/C22H24N4OS/c1-4-13-23-19(27)14-28-22-24-20(17-9-5-15(2)6-10-17)21(25-26-22)18-11-7-16(3)8-12-18/h5-12H,4,13-14H2,1-3H3,(H,23,27).